The molecule has 0 fully saturated rings. The number of fused-ring (bicyclic) bond motifs is 1. The van der Waals surface area contributed by atoms with Crippen LogP contribution >= 0.6 is 19.1 Å². The number of benzene rings is 2. The molecule has 1 unspecified atom stereocenters. The summed E-state index contributed by atoms with van der Waals surface area (Å²) >= 11 is 1.75. The van der Waals surface area contributed by atoms with E-state index in [2.05, 4.69) is 16.0 Å². The van der Waals surface area contributed by atoms with Crippen molar-refractivity contribution in [1.29, 1.82) is 0 Å². The van der Waals surface area contributed by atoms with Crippen LogP contribution in [0.2, 0.25) is 0 Å². The minimum Gasteiger partial charge on any atom is -0.484 e. The van der Waals surface area contributed by atoms with E-state index < -0.39 is 25.2 Å². The Morgan fingerprint density at radius 3 is 2.78 bits per heavy atom. The number of hydrogen-bond donors (Lipinski definition) is 4. The van der Waals surface area contributed by atoms with Crippen LogP contribution < -0.4 is 20.7 Å². The van der Waals surface area contributed by atoms with Crippen molar-refractivity contribution in [1.82, 2.24) is 10.6 Å². The van der Waals surface area contributed by atoms with Gasteiger partial charge in [0.15, 0.2) is 14.0 Å². The standard InChI is InChI=1S/C22H28N3O5PS/c1-31(28,29)12-11-24-22(27)21(16-6-3-2-4-7-16)25-20(26)15-30-17-8-9-18-19(14-17)32-13-5-10-23-18/h2-4,6-9,14,21,23H,5,10-13,15H2,1H3,(H,24,27)(H,25,26)(H,28,29)/t21-/m1/s1. The van der Waals surface area contributed by atoms with Gasteiger partial charge in [-0.25, -0.2) is 0 Å². The molecule has 172 valence electrons. The molecule has 2 aromatic rings. The Hall–Kier alpha value is -2.48. The molecular formula is C22H28N3O5PS. The highest BCUT2D eigenvalue weighted by molar-refractivity contribution is 7.99. The number of hydrogen-bond acceptors (Lipinski definition) is 6. The summed E-state index contributed by atoms with van der Waals surface area (Å²) in [4.78, 5) is 35.7. The van der Waals surface area contributed by atoms with Crippen LogP contribution in [0.3, 0.4) is 0 Å². The Balaban J connectivity index is 1.60. The average Bonchev–Trinajstić information content (AvgIpc) is 3.00. The SMILES string of the molecule is CP(=O)(O)CCNC(=O)[C@H](NC(=O)COc1ccc2c(c1)SCCCN2)c1ccccc1. The number of ether oxygens (including phenoxy) is 1. The number of thioether (sulfide) groups is 1. The molecule has 0 bridgehead atoms. The molecule has 0 aliphatic carbocycles. The number of carbonyl (C=O) groups is 2. The fourth-order valence-electron chi connectivity index (χ4n) is 3.12. The van der Waals surface area contributed by atoms with E-state index in [0.717, 1.165) is 29.3 Å². The van der Waals surface area contributed by atoms with Gasteiger partial charge in [0.25, 0.3) is 5.91 Å². The highest BCUT2D eigenvalue weighted by Gasteiger charge is 2.23. The highest BCUT2D eigenvalue weighted by atomic mass is 32.2. The lowest BCUT2D eigenvalue weighted by molar-refractivity contribution is -0.130. The molecule has 8 nitrogen and oxygen atoms in total. The lowest BCUT2D eigenvalue weighted by Gasteiger charge is -2.19. The fraction of sp³-hybridized carbons (Fsp3) is 0.364. The van der Waals surface area contributed by atoms with Gasteiger partial charge in [-0.05, 0) is 35.9 Å². The monoisotopic (exact) mass is 477 g/mol. The minimum absolute atomic E-state index is 0.0392. The molecule has 0 spiro atoms. The zero-order chi connectivity index (χ0) is 23.0. The van der Waals surface area contributed by atoms with Gasteiger partial charge in [0.05, 0.1) is 0 Å². The van der Waals surface area contributed by atoms with Crippen LogP contribution in [0.5, 0.6) is 5.75 Å². The number of amides is 2. The molecule has 32 heavy (non-hydrogen) atoms. The second kappa shape index (κ2) is 11.4. The van der Waals surface area contributed by atoms with Crippen LogP contribution in [-0.2, 0) is 14.2 Å². The number of rotatable bonds is 9. The van der Waals surface area contributed by atoms with Crippen molar-refractivity contribution in [2.75, 3.05) is 43.6 Å². The first kappa shape index (κ1) is 24.2. The van der Waals surface area contributed by atoms with E-state index >= 15 is 0 Å². The summed E-state index contributed by atoms with van der Waals surface area (Å²) in [6.45, 7) is 1.97. The molecule has 2 amide bonds. The zero-order valence-electron chi connectivity index (χ0n) is 17.9. The van der Waals surface area contributed by atoms with Crippen LogP contribution in [0.1, 0.15) is 18.0 Å². The van der Waals surface area contributed by atoms with Crippen molar-refractivity contribution < 1.29 is 23.8 Å². The summed E-state index contributed by atoms with van der Waals surface area (Å²) < 4.78 is 17.1. The second-order valence-electron chi connectivity index (χ2n) is 7.55. The summed E-state index contributed by atoms with van der Waals surface area (Å²) in [5.41, 5.74) is 1.67. The lowest BCUT2D eigenvalue weighted by Crippen LogP contribution is -2.42. The van der Waals surface area contributed by atoms with E-state index in [1.54, 1.807) is 36.0 Å². The maximum absolute atomic E-state index is 12.7. The average molecular weight is 478 g/mol. The van der Waals surface area contributed by atoms with E-state index in [1.807, 2.05) is 24.3 Å². The molecule has 2 atom stereocenters. The van der Waals surface area contributed by atoms with E-state index in [0.29, 0.717) is 11.3 Å². The minimum atomic E-state index is -3.24. The molecule has 3 rings (SSSR count). The third-order valence-corrected chi connectivity index (χ3v) is 6.94. The molecule has 10 heteroatoms. The van der Waals surface area contributed by atoms with Gasteiger partial charge in [-0.3, -0.25) is 14.2 Å². The van der Waals surface area contributed by atoms with Crippen LogP contribution in [0.4, 0.5) is 5.69 Å². The van der Waals surface area contributed by atoms with Crippen molar-refractivity contribution in [2.45, 2.75) is 17.4 Å². The molecular weight excluding hydrogens is 449 g/mol. The number of nitrogens with one attached hydrogen (secondary N) is 3. The van der Waals surface area contributed by atoms with Gasteiger partial charge < -0.3 is 25.6 Å². The van der Waals surface area contributed by atoms with Crippen molar-refractivity contribution in [3.8, 4) is 5.75 Å². The Labute approximate surface area is 192 Å². The van der Waals surface area contributed by atoms with E-state index in [9.17, 15) is 19.0 Å². The highest BCUT2D eigenvalue weighted by Crippen LogP contribution is 2.34. The maximum Gasteiger partial charge on any atom is 0.258 e. The molecule has 1 aliphatic rings. The van der Waals surface area contributed by atoms with Gasteiger partial charge >= 0.3 is 0 Å². The second-order valence-corrected chi connectivity index (χ2v) is 11.2. The van der Waals surface area contributed by atoms with Gasteiger partial charge in [-0.1, -0.05) is 30.3 Å². The molecule has 0 saturated carbocycles. The third kappa shape index (κ3) is 7.58. The van der Waals surface area contributed by atoms with E-state index in [4.69, 9.17) is 4.74 Å². The summed E-state index contributed by atoms with van der Waals surface area (Å²) in [6, 6.07) is 13.5. The Bertz CT molecular complexity index is 983. The summed E-state index contributed by atoms with van der Waals surface area (Å²) in [6.07, 6.45) is 1.04. The first-order valence-electron chi connectivity index (χ1n) is 10.4. The van der Waals surface area contributed by atoms with Crippen LogP contribution in [0.25, 0.3) is 0 Å². The molecule has 1 heterocycles. The van der Waals surface area contributed by atoms with Gasteiger partial charge in [-0.15, -0.1) is 11.8 Å². The van der Waals surface area contributed by atoms with Crippen molar-refractivity contribution in [2.24, 2.45) is 0 Å². The Morgan fingerprint density at radius 2 is 2.03 bits per heavy atom. The zero-order valence-corrected chi connectivity index (χ0v) is 19.6. The van der Waals surface area contributed by atoms with Crippen molar-refractivity contribution >= 4 is 36.6 Å². The van der Waals surface area contributed by atoms with Crippen LogP contribution in [0, 0.1) is 0 Å². The predicted octanol–water partition coefficient (Wildman–Crippen LogP) is 2.85. The normalized spacial score (nSPS) is 15.8. The molecule has 0 aromatic heterocycles. The van der Waals surface area contributed by atoms with Gasteiger partial charge in [0, 0.05) is 36.5 Å². The van der Waals surface area contributed by atoms with Gasteiger partial charge in [0.2, 0.25) is 5.91 Å². The van der Waals surface area contributed by atoms with Crippen LogP contribution in [-0.4, -0.2) is 55.0 Å². The fourth-order valence-corrected chi connectivity index (χ4v) is 4.65. The first-order chi connectivity index (χ1) is 15.3. The third-order valence-electron chi connectivity index (χ3n) is 4.74. The maximum atomic E-state index is 12.7. The van der Waals surface area contributed by atoms with Crippen LogP contribution in [0.15, 0.2) is 53.4 Å². The smallest absolute Gasteiger partial charge is 0.258 e. The van der Waals surface area contributed by atoms with Gasteiger partial charge in [0.1, 0.15) is 11.8 Å². The lowest BCUT2D eigenvalue weighted by atomic mass is 10.1. The topological polar surface area (TPSA) is 117 Å². The summed E-state index contributed by atoms with van der Waals surface area (Å²) in [5.74, 6) is 0.697. The van der Waals surface area contributed by atoms with Gasteiger partial charge in [-0.2, -0.15) is 0 Å². The number of anilines is 1. The first-order valence-corrected chi connectivity index (χ1v) is 13.6. The van der Waals surface area contributed by atoms with Crippen molar-refractivity contribution in [3.63, 3.8) is 0 Å². The summed E-state index contributed by atoms with van der Waals surface area (Å²) in [5, 5.41) is 8.69. The molecule has 2 aromatic carbocycles. The molecule has 0 radical (unpaired) electrons. The Kier molecular flexibility index (Phi) is 8.61. The number of carbonyl (C=O) groups excluding carboxylic acids is 2. The molecule has 4 N–H and O–H groups in total. The van der Waals surface area contributed by atoms with Crippen molar-refractivity contribution in [3.05, 3.63) is 54.1 Å². The summed E-state index contributed by atoms with van der Waals surface area (Å²) in [7, 11) is -3.24. The largest absolute Gasteiger partial charge is 0.484 e. The predicted molar refractivity (Wildman–Crippen MR) is 127 cm³/mol. The van der Waals surface area contributed by atoms with E-state index in [1.165, 1.54) is 6.66 Å². The molecule has 1 aliphatic heterocycles. The van der Waals surface area contributed by atoms with E-state index in [-0.39, 0.29) is 19.3 Å². The quantitative estimate of drug-likeness (QED) is 0.411. The Morgan fingerprint density at radius 1 is 1.25 bits per heavy atom. The molecule has 0 saturated heterocycles.